The van der Waals surface area contributed by atoms with Crippen LogP contribution in [-0.2, 0) is 23.4 Å². The lowest BCUT2D eigenvalue weighted by atomic mass is 10.2. The molecule has 0 spiro atoms. The molecule has 1 amide bonds. The molecule has 0 fully saturated rings. The molecule has 0 radical (unpaired) electrons. The third-order valence-electron chi connectivity index (χ3n) is 3.77. The molecule has 1 aromatic heterocycles. The van der Waals surface area contributed by atoms with E-state index < -0.39 is 28.6 Å². The van der Waals surface area contributed by atoms with Gasteiger partial charge in [0.15, 0.2) is 14.9 Å². The van der Waals surface area contributed by atoms with Gasteiger partial charge in [-0.15, -0.1) is 6.42 Å². The van der Waals surface area contributed by atoms with E-state index in [9.17, 15) is 27.9 Å². The average molecular weight is 473 g/mol. The van der Waals surface area contributed by atoms with Gasteiger partial charge in [-0.3, -0.25) is 13.8 Å². The number of likely N-dealkylation sites (N-methyl/N-ethyl adjacent to an activating group) is 1. The number of nitriles is 1. The maximum absolute atomic E-state index is 12.7. The fourth-order valence-electron chi connectivity index (χ4n) is 2.22. The Morgan fingerprint density at radius 3 is 2.48 bits per heavy atom. The van der Waals surface area contributed by atoms with Gasteiger partial charge in [-0.05, 0) is 6.07 Å². The number of aromatic nitrogens is 1. The van der Waals surface area contributed by atoms with Gasteiger partial charge in [0.1, 0.15) is 19.2 Å². The van der Waals surface area contributed by atoms with E-state index in [0.717, 1.165) is 23.4 Å². The van der Waals surface area contributed by atoms with Crippen LogP contribution in [0.4, 0.5) is 0 Å². The summed E-state index contributed by atoms with van der Waals surface area (Å²) < 4.78 is 45.6. The minimum atomic E-state index is -4.32. The largest absolute Gasteiger partial charge is 0.472 e. The number of carbonyl (C=O) groups excluding carboxylic acids is 1. The summed E-state index contributed by atoms with van der Waals surface area (Å²) in [7, 11) is -2.39. The Morgan fingerprint density at radius 2 is 1.97 bits per heavy atom. The van der Waals surface area contributed by atoms with Crippen LogP contribution in [0.1, 0.15) is 15.9 Å². The second-order valence-corrected chi connectivity index (χ2v) is 10.9. The fraction of sp³-hybridized carbons (Fsp3) is 0.500. The highest BCUT2D eigenvalue weighted by atomic mass is 32.2. The number of hydrogen-bond acceptors (Lipinski definition) is 8. The molecule has 1 heterocycles. The Kier molecular flexibility index (Phi) is 9.33. The van der Waals surface area contributed by atoms with Crippen LogP contribution < -0.4 is 0 Å². The molecule has 1 rings (SSSR count). The Hall–Kier alpha value is -2.31. The summed E-state index contributed by atoms with van der Waals surface area (Å²) in [5.41, 5.74) is -0.346. The van der Waals surface area contributed by atoms with Crippen molar-refractivity contribution in [3.05, 3.63) is 23.4 Å². The third kappa shape index (κ3) is 9.15. The van der Waals surface area contributed by atoms with E-state index >= 15 is 0 Å². The first-order valence-corrected chi connectivity index (χ1v) is 12.3. The van der Waals surface area contributed by atoms with Crippen LogP contribution in [0, 0.1) is 23.7 Å². The van der Waals surface area contributed by atoms with Gasteiger partial charge in [-0.1, -0.05) is 5.92 Å². The summed E-state index contributed by atoms with van der Waals surface area (Å²) in [5.74, 6) is 1.64. The summed E-state index contributed by atoms with van der Waals surface area (Å²) >= 11 is 0. The van der Waals surface area contributed by atoms with Crippen molar-refractivity contribution in [3.63, 3.8) is 0 Å². The van der Waals surface area contributed by atoms with E-state index in [4.69, 9.17) is 15.5 Å². The van der Waals surface area contributed by atoms with Crippen molar-refractivity contribution in [2.24, 2.45) is 0 Å². The summed E-state index contributed by atoms with van der Waals surface area (Å²) in [6, 6.07) is 2.79. The lowest BCUT2D eigenvalue weighted by molar-refractivity contribution is -0.870. The van der Waals surface area contributed by atoms with Crippen LogP contribution in [0.3, 0.4) is 0 Å². The maximum atomic E-state index is 12.7. The van der Waals surface area contributed by atoms with Gasteiger partial charge in [-0.2, -0.15) is 5.26 Å². The average Bonchev–Trinajstić information content (AvgIpc) is 2.64. The zero-order valence-electron chi connectivity index (χ0n) is 17.8. The highest BCUT2D eigenvalue weighted by Crippen LogP contribution is 2.42. The maximum Gasteiger partial charge on any atom is 0.472 e. The Balaban J connectivity index is 2.84. The molecular formula is C18H26N4O7PS+. The van der Waals surface area contributed by atoms with Gasteiger partial charge in [0.2, 0.25) is 0 Å². The molecule has 0 bridgehead atoms. The van der Waals surface area contributed by atoms with Gasteiger partial charge in [0.25, 0.3) is 5.91 Å². The minimum Gasteiger partial charge on any atom is -0.329 e. The molecule has 11 nitrogen and oxygen atoms in total. The van der Waals surface area contributed by atoms with Crippen LogP contribution in [0.15, 0.2) is 17.3 Å². The molecule has 0 aliphatic carbocycles. The number of rotatable bonds is 11. The van der Waals surface area contributed by atoms with Crippen molar-refractivity contribution >= 4 is 23.6 Å². The second kappa shape index (κ2) is 10.8. The van der Waals surface area contributed by atoms with Crippen molar-refractivity contribution in [3.8, 4) is 18.4 Å². The van der Waals surface area contributed by atoms with Gasteiger partial charge in [-0.25, -0.2) is 18.0 Å². The van der Waals surface area contributed by atoms with Crippen LogP contribution in [0.5, 0.6) is 0 Å². The molecule has 0 aliphatic rings. The smallest absolute Gasteiger partial charge is 0.329 e. The minimum absolute atomic E-state index is 0.000427. The second-order valence-electron chi connectivity index (χ2n) is 7.54. The van der Waals surface area contributed by atoms with Gasteiger partial charge < -0.3 is 14.3 Å². The van der Waals surface area contributed by atoms with Crippen molar-refractivity contribution in [2.45, 2.75) is 5.03 Å². The molecule has 1 aromatic rings. The number of quaternary nitrogens is 1. The number of amides is 1. The molecule has 0 aromatic carbocycles. The normalized spacial score (nSPS) is 13.6. The highest BCUT2D eigenvalue weighted by Gasteiger charge is 2.25. The first-order chi connectivity index (χ1) is 14.2. The predicted octanol–water partition coefficient (Wildman–Crippen LogP) is 0.272. The summed E-state index contributed by atoms with van der Waals surface area (Å²) in [6.45, 7) is -0.170. The topological polar surface area (TPSA) is 147 Å². The Labute approximate surface area is 182 Å². The first-order valence-electron chi connectivity index (χ1n) is 8.95. The van der Waals surface area contributed by atoms with E-state index in [1.807, 2.05) is 21.1 Å². The van der Waals surface area contributed by atoms with Crippen molar-refractivity contribution in [2.75, 3.05) is 60.2 Å². The summed E-state index contributed by atoms with van der Waals surface area (Å²) in [5, 5.41) is 8.74. The van der Waals surface area contributed by atoms with E-state index in [1.165, 1.54) is 0 Å². The molecule has 13 heteroatoms. The number of nitrogens with zero attached hydrogens (tertiary/aromatic N) is 4. The molecule has 1 N–H and O–H groups in total. The molecule has 31 heavy (non-hydrogen) atoms. The van der Waals surface area contributed by atoms with Crippen LogP contribution in [0.25, 0.3) is 0 Å². The summed E-state index contributed by atoms with van der Waals surface area (Å²) in [4.78, 5) is 27.3. The van der Waals surface area contributed by atoms with Gasteiger partial charge in [0, 0.05) is 19.0 Å². The molecule has 1 unspecified atom stereocenters. The fourth-order valence-corrected chi connectivity index (χ4v) is 3.67. The van der Waals surface area contributed by atoms with Crippen molar-refractivity contribution in [1.82, 2.24) is 9.88 Å². The van der Waals surface area contributed by atoms with Crippen LogP contribution in [-0.4, -0.2) is 93.8 Å². The number of terminal acetylenes is 1. The van der Waals surface area contributed by atoms with Gasteiger partial charge >= 0.3 is 7.82 Å². The molecule has 170 valence electrons. The standard InChI is InChI=1S/C18H25N4O7PS/c1-6-7-21(8-10-28-30(24,25)29-11-9-22(2,3)4)18(23)16-12-15(13-19)17(20-14-16)31(5,26)27/h1,12,14H,7-11H2,2-5H3/p+1. The molecule has 0 saturated carbocycles. The quantitative estimate of drug-likeness (QED) is 0.272. The van der Waals surface area contributed by atoms with E-state index in [-0.39, 0.29) is 37.4 Å². The lowest BCUT2D eigenvalue weighted by Crippen LogP contribution is -2.37. The number of hydrogen-bond donors (Lipinski definition) is 1. The number of pyridine rings is 1. The molecular weight excluding hydrogens is 447 g/mol. The summed E-state index contributed by atoms with van der Waals surface area (Å²) in [6.07, 6.45) is 7.20. The highest BCUT2D eigenvalue weighted by molar-refractivity contribution is 7.90. The van der Waals surface area contributed by atoms with E-state index in [1.54, 1.807) is 6.07 Å². The number of sulfone groups is 1. The zero-order chi connectivity index (χ0) is 23.9. The SMILES string of the molecule is C#CCN(CCOP(=O)(O)OCC[N+](C)(C)C)C(=O)c1cnc(S(C)(=O)=O)c(C#N)c1. The van der Waals surface area contributed by atoms with Crippen molar-refractivity contribution in [1.29, 1.82) is 5.26 Å². The van der Waals surface area contributed by atoms with Crippen LogP contribution in [0.2, 0.25) is 0 Å². The molecule has 0 saturated heterocycles. The Morgan fingerprint density at radius 1 is 1.35 bits per heavy atom. The number of phosphoric ester groups is 1. The first kappa shape index (κ1) is 26.7. The van der Waals surface area contributed by atoms with Crippen LogP contribution >= 0.6 is 7.82 Å². The monoisotopic (exact) mass is 473 g/mol. The lowest BCUT2D eigenvalue weighted by Gasteiger charge is -2.24. The van der Waals surface area contributed by atoms with Crippen molar-refractivity contribution < 1.29 is 36.2 Å². The number of phosphoric acid groups is 1. The Bertz CT molecular complexity index is 1040. The predicted molar refractivity (Wildman–Crippen MR) is 111 cm³/mol. The molecule has 0 aliphatic heterocycles. The number of carbonyl (C=O) groups is 1. The van der Waals surface area contributed by atoms with E-state index in [0.29, 0.717) is 11.0 Å². The molecule has 1 atom stereocenters. The van der Waals surface area contributed by atoms with E-state index in [2.05, 4.69) is 10.9 Å². The third-order valence-corrected chi connectivity index (χ3v) is 5.82. The van der Waals surface area contributed by atoms with Gasteiger partial charge in [0.05, 0.1) is 45.4 Å². The zero-order valence-corrected chi connectivity index (χ0v) is 19.5.